The molecule has 1 saturated heterocycles. The third kappa shape index (κ3) is 3.91. The van der Waals surface area contributed by atoms with Crippen LogP contribution < -0.4 is 5.32 Å². The molecule has 0 spiro atoms. The molecule has 1 aliphatic rings. The van der Waals surface area contributed by atoms with Crippen molar-refractivity contribution in [3.05, 3.63) is 69.3 Å². The summed E-state index contributed by atoms with van der Waals surface area (Å²) in [6.07, 6.45) is 1.76. The van der Waals surface area contributed by atoms with Gasteiger partial charge in [0.15, 0.2) is 0 Å². The number of aromatic amines is 1. The summed E-state index contributed by atoms with van der Waals surface area (Å²) in [7, 11) is 0. The predicted octanol–water partition coefficient (Wildman–Crippen LogP) is 5.06. The van der Waals surface area contributed by atoms with Crippen molar-refractivity contribution in [2.45, 2.75) is 18.3 Å². The molecule has 0 unspecified atom stereocenters. The maximum Gasteiger partial charge on any atom is 0.267 e. The highest BCUT2D eigenvalue weighted by molar-refractivity contribution is 9.10. The fraction of sp³-hybridized carbons (Fsp3) is 0.286. The lowest BCUT2D eigenvalue weighted by Crippen LogP contribution is -2.44. The molecule has 27 heavy (non-hydrogen) atoms. The normalized spacial score (nSPS) is 16.4. The lowest BCUT2D eigenvalue weighted by molar-refractivity contribution is 0.0486. The van der Waals surface area contributed by atoms with Gasteiger partial charge >= 0.3 is 0 Å². The molecule has 1 amide bonds. The van der Waals surface area contributed by atoms with Crippen LogP contribution >= 0.6 is 27.5 Å². The summed E-state index contributed by atoms with van der Waals surface area (Å²) in [6, 6.07) is 15.7. The van der Waals surface area contributed by atoms with Gasteiger partial charge in [-0.2, -0.15) is 0 Å². The minimum atomic E-state index is -0.118. The Labute approximate surface area is 171 Å². The Balaban J connectivity index is 1.55. The number of carbonyl (C=O) groups excluding carboxylic acids is 1. The van der Waals surface area contributed by atoms with Crippen LogP contribution in [0.3, 0.4) is 0 Å². The molecular weight excluding hydrogens is 428 g/mol. The molecule has 3 aromatic rings. The number of fused-ring (bicyclic) bond motifs is 1. The van der Waals surface area contributed by atoms with Crippen LogP contribution in [0.25, 0.3) is 10.9 Å². The van der Waals surface area contributed by atoms with E-state index in [-0.39, 0.29) is 11.3 Å². The Morgan fingerprint density at radius 2 is 2.00 bits per heavy atom. The Hall–Kier alpha value is -1.82. The Morgan fingerprint density at radius 3 is 2.78 bits per heavy atom. The molecule has 0 aliphatic carbocycles. The zero-order valence-corrected chi connectivity index (χ0v) is 17.1. The minimum absolute atomic E-state index is 0.108. The van der Waals surface area contributed by atoms with Crippen LogP contribution in [-0.4, -0.2) is 30.6 Å². The molecule has 1 aliphatic heterocycles. The van der Waals surface area contributed by atoms with Crippen molar-refractivity contribution >= 4 is 44.3 Å². The highest BCUT2D eigenvalue weighted by Gasteiger charge is 2.35. The molecule has 6 heteroatoms. The maximum absolute atomic E-state index is 12.8. The van der Waals surface area contributed by atoms with Gasteiger partial charge in [-0.1, -0.05) is 39.7 Å². The van der Waals surface area contributed by atoms with Crippen molar-refractivity contribution in [1.82, 2.24) is 10.3 Å². The number of hydrogen-bond donors (Lipinski definition) is 2. The average molecular weight is 448 g/mol. The number of benzene rings is 2. The lowest BCUT2D eigenvalue weighted by atomic mass is 9.74. The van der Waals surface area contributed by atoms with Gasteiger partial charge in [0.1, 0.15) is 5.69 Å². The van der Waals surface area contributed by atoms with Gasteiger partial charge in [0, 0.05) is 45.6 Å². The quantitative estimate of drug-likeness (QED) is 0.587. The van der Waals surface area contributed by atoms with E-state index >= 15 is 0 Å². The molecule has 1 fully saturated rings. The molecule has 2 N–H and O–H groups in total. The van der Waals surface area contributed by atoms with Gasteiger partial charge < -0.3 is 15.0 Å². The van der Waals surface area contributed by atoms with Gasteiger partial charge in [0.25, 0.3) is 5.91 Å². The Bertz CT molecular complexity index is 979. The highest BCUT2D eigenvalue weighted by atomic mass is 79.9. The van der Waals surface area contributed by atoms with Crippen LogP contribution in [0.1, 0.15) is 28.9 Å². The van der Waals surface area contributed by atoms with E-state index in [9.17, 15) is 4.79 Å². The average Bonchev–Trinajstić information content (AvgIpc) is 3.10. The van der Waals surface area contributed by atoms with Crippen LogP contribution in [0.2, 0.25) is 5.02 Å². The fourth-order valence-electron chi connectivity index (χ4n) is 3.72. The number of hydrogen-bond acceptors (Lipinski definition) is 2. The second kappa shape index (κ2) is 7.66. The molecule has 0 saturated carbocycles. The third-order valence-electron chi connectivity index (χ3n) is 5.30. The zero-order chi connectivity index (χ0) is 18.9. The summed E-state index contributed by atoms with van der Waals surface area (Å²) in [5.41, 5.74) is 2.55. The number of rotatable bonds is 4. The lowest BCUT2D eigenvalue weighted by Gasteiger charge is -2.38. The van der Waals surface area contributed by atoms with E-state index in [0.29, 0.717) is 30.5 Å². The van der Waals surface area contributed by atoms with Crippen LogP contribution in [0.5, 0.6) is 0 Å². The molecular formula is C21H20BrClN2O2. The van der Waals surface area contributed by atoms with E-state index in [1.54, 1.807) is 0 Å². The summed E-state index contributed by atoms with van der Waals surface area (Å²) in [6.45, 7) is 1.97. The molecule has 4 rings (SSSR count). The Kier molecular flexibility index (Phi) is 5.26. The van der Waals surface area contributed by atoms with Crippen molar-refractivity contribution in [2.24, 2.45) is 0 Å². The predicted molar refractivity (Wildman–Crippen MR) is 112 cm³/mol. The first-order valence-corrected chi connectivity index (χ1v) is 10.1. The number of amides is 1. The van der Waals surface area contributed by atoms with Crippen molar-refractivity contribution in [3.63, 3.8) is 0 Å². The minimum Gasteiger partial charge on any atom is -0.381 e. The van der Waals surface area contributed by atoms with Crippen molar-refractivity contribution in [2.75, 3.05) is 19.8 Å². The van der Waals surface area contributed by atoms with E-state index in [1.807, 2.05) is 36.4 Å². The Morgan fingerprint density at radius 1 is 1.19 bits per heavy atom. The smallest absolute Gasteiger partial charge is 0.267 e. The second-order valence-electron chi connectivity index (χ2n) is 7.00. The summed E-state index contributed by atoms with van der Waals surface area (Å²) in [5, 5.41) is 4.72. The van der Waals surface area contributed by atoms with Gasteiger partial charge in [-0.25, -0.2) is 0 Å². The molecule has 140 valence electrons. The van der Waals surface area contributed by atoms with E-state index in [0.717, 1.165) is 28.2 Å². The second-order valence-corrected chi connectivity index (χ2v) is 8.35. The number of H-pyrrole nitrogens is 1. The van der Waals surface area contributed by atoms with Gasteiger partial charge in [-0.05, 0) is 54.8 Å². The van der Waals surface area contributed by atoms with Crippen molar-refractivity contribution in [3.8, 4) is 0 Å². The molecule has 2 aromatic carbocycles. The summed E-state index contributed by atoms with van der Waals surface area (Å²) in [5.74, 6) is -0.108. The number of nitrogens with one attached hydrogen (secondary N) is 2. The SMILES string of the molecule is O=C(NCC1(c2cccc(Br)c2)CCOCC1)c1cc2cc(Cl)ccc2[nH]1. The standard InChI is InChI=1S/C21H20BrClN2O2/c22-16-3-1-2-15(12-16)21(6-8-27-9-7-21)13-24-20(26)19-11-14-10-17(23)4-5-18(14)25-19/h1-5,10-12,25H,6-9,13H2,(H,24,26). The van der Waals surface area contributed by atoms with E-state index < -0.39 is 0 Å². The summed E-state index contributed by atoms with van der Waals surface area (Å²) < 4.78 is 6.62. The maximum atomic E-state index is 12.8. The fourth-order valence-corrected chi connectivity index (χ4v) is 4.30. The highest BCUT2D eigenvalue weighted by Crippen LogP contribution is 2.35. The number of carbonyl (C=O) groups is 1. The molecule has 0 radical (unpaired) electrons. The largest absolute Gasteiger partial charge is 0.381 e. The van der Waals surface area contributed by atoms with Gasteiger partial charge in [-0.3, -0.25) is 4.79 Å². The first-order chi connectivity index (χ1) is 13.1. The van der Waals surface area contributed by atoms with Crippen LogP contribution in [0.4, 0.5) is 0 Å². The molecule has 0 bridgehead atoms. The van der Waals surface area contributed by atoms with E-state index in [2.05, 4.69) is 38.4 Å². The topological polar surface area (TPSA) is 54.1 Å². The molecule has 0 atom stereocenters. The summed E-state index contributed by atoms with van der Waals surface area (Å²) >= 11 is 9.60. The van der Waals surface area contributed by atoms with Gasteiger partial charge in [0.05, 0.1) is 0 Å². The van der Waals surface area contributed by atoms with Crippen LogP contribution in [-0.2, 0) is 10.2 Å². The third-order valence-corrected chi connectivity index (χ3v) is 6.03. The van der Waals surface area contributed by atoms with Gasteiger partial charge in [-0.15, -0.1) is 0 Å². The number of aromatic nitrogens is 1. The van der Waals surface area contributed by atoms with E-state index in [4.69, 9.17) is 16.3 Å². The van der Waals surface area contributed by atoms with Crippen LogP contribution in [0, 0.1) is 0 Å². The first kappa shape index (κ1) is 18.5. The van der Waals surface area contributed by atoms with Gasteiger partial charge in [0.2, 0.25) is 0 Å². The summed E-state index contributed by atoms with van der Waals surface area (Å²) in [4.78, 5) is 15.9. The number of halogens is 2. The van der Waals surface area contributed by atoms with E-state index in [1.165, 1.54) is 5.56 Å². The van der Waals surface area contributed by atoms with Crippen LogP contribution in [0.15, 0.2) is 53.0 Å². The molecule has 1 aromatic heterocycles. The van der Waals surface area contributed by atoms with Crippen molar-refractivity contribution in [1.29, 1.82) is 0 Å². The van der Waals surface area contributed by atoms with Crippen molar-refractivity contribution < 1.29 is 9.53 Å². The zero-order valence-electron chi connectivity index (χ0n) is 14.7. The molecule has 4 nitrogen and oxygen atoms in total. The first-order valence-electron chi connectivity index (χ1n) is 8.96. The molecule has 2 heterocycles. The number of ether oxygens (including phenoxy) is 1. The monoisotopic (exact) mass is 446 g/mol.